The SMILES string of the molecule is CCc1ccccc1N=C1S/C(=C/c2cn(C(C)C)c3ccccc23)C(=O)N1C. The van der Waals surface area contributed by atoms with Crippen LogP contribution in [0.25, 0.3) is 17.0 Å². The molecule has 4 nitrogen and oxygen atoms in total. The van der Waals surface area contributed by atoms with Crippen LogP contribution < -0.4 is 0 Å². The van der Waals surface area contributed by atoms with E-state index >= 15 is 0 Å². The molecule has 2 aromatic carbocycles. The molecule has 0 spiro atoms. The number of para-hydroxylation sites is 2. The first kappa shape index (κ1) is 19.5. The second-order valence-corrected chi connectivity index (χ2v) is 8.46. The van der Waals surface area contributed by atoms with Crippen LogP contribution in [0.3, 0.4) is 0 Å². The molecular weight excluding hydrogens is 378 g/mol. The predicted molar refractivity (Wildman–Crippen MR) is 124 cm³/mol. The second kappa shape index (κ2) is 7.91. The summed E-state index contributed by atoms with van der Waals surface area (Å²) in [7, 11) is 1.79. The number of carbonyl (C=O) groups is 1. The van der Waals surface area contributed by atoms with E-state index in [1.165, 1.54) is 22.8 Å². The molecule has 0 bridgehead atoms. The predicted octanol–water partition coefficient (Wildman–Crippen LogP) is 6.02. The van der Waals surface area contributed by atoms with Crippen LogP contribution in [-0.2, 0) is 11.2 Å². The Bertz CT molecular complexity index is 1140. The van der Waals surface area contributed by atoms with Gasteiger partial charge in [-0.2, -0.15) is 0 Å². The van der Waals surface area contributed by atoms with Crippen molar-refractivity contribution in [3.63, 3.8) is 0 Å². The van der Waals surface area contributed by atoms with E-state index in [1.807, 2.05) is 30.3 Å². The maximum atomic E-state index is 12.9. The van der Waals surface area contributed by atoms with Crippen LogP contribution in [0, 0.1) is 0 Å². The molecule has 0 saturated carbocycles. The van der Waals surface area contributed by atoms with E-state index in [0.717, 1.165) is 28.2 Å². The van der Waals surface area contributed by atoms with Gasteiger partial charge >= 0.3 is 0 Å². The average molecular weight is 404 g/mol. The molecule has 29 heavy (non-hydrogen) atoms. The number of amides is 1. The van der Waals surface area contributed by atoms with Gasteiger partial charge in [-0.3, -0.25) is 9.69 Å². The molecule has 0 aliphatic carbocycles. The summed E-state index contributed by atoms with van der Waals surface area (Å²) < 4.78 is 2.25. The lowest BCUT2D eigenvalue weighted by Crippen LogP contribution is -2.23. The van der Waals surface area contributed by atoms with E-state index in [-0.39, 0.29) is 5.91 Å². The number of aromatic nitrogens is 1. The van der Waals surface area contributed by atoms with E-state index < -0.39 is 0 Å². The second-order valence-electron chi connectivity index (χ2n) is 7.45. The van der Waals surface area contributed by atoms with Crippen LogP contribution in [0.2, 0.25) is 0 Å². The molecule has 1 saturated heterocycles. The van der Waals surface area contributed by atoms with Crippen LogP contribution in [0.5, 0.6) is 0 Å². The van der Waals surface area contributed by atoms with Gasteiger partial charge in [0.1, 0.15) is 0 Å². The van der Waals surface area contributed by atoms with E-state index in [1.54, 1.807) is 11.9 Å². The molecule has 1 aromatic heterocycles. The largest absolute Gasteiger partial charge is 0.344 e. The number of hydrogen-bond acceptors (Lipinski definition) is 3. The maximum Gasteiger partial charge on any atom is 0.266 e. The van der Waals surface area contributed by atoms with E-state index in [0.29, 0.717) is 10.9 Å². The van der Waals surface area contributed by atoms with Crippen LogP contribution in [0.4, 0.5) is 5.69 Å². The van der Waals surface area contributed by atoms with Crippen molar-refractivity contribution in [2.75, 3.05) is 7.05 Å². The molecule has 3 aromatic rings. The van der Waals surface area contributed by atoms with Crippen molar-refractivity contribution in [2.24, 2.45) is 4.99 Å². The van der Waals surface area contributed by atoms with Crippen molar-refractivity contribution in [2.45, 2.75) is 33.2 Å². The smallest absolute Gasteiger partial charge is 0.266 e. The molecule has 4 rings (SSSR count). The third-order valence-corrected chi connectivity index (χ3v) is 6.27. The fourth-order valence-electron chi connectivity index (χ4n) is 3.59. The summed E-state index contributed by atoms with van der Waals surface area (Å²) in [4.78, 5) is 20.0. The van der Waals surface area contributed by atoms with Crippen LogP contribution in [-0.4, -0.2) is 27.6 Å². The van der Waals surface area contributed by atoms with Gasteiger partial charge in [0.25, 0.3) is 5.91 Å². The molecule has 1 fully saturated rings. The number of amidine groups is 1. The van der Waals surface area contributed by atoms with Crippen molar-refractivity contribution in [1.29, 1.82) is 0 Å². The van der Waals surface area contributed by atoms with E-state index in [4.69, 9.17) is 4.99 Å². The average Bonchev–Trinajstić information content (AvgIpc) is 3.22. The number of likely N-dealkylation sites (N-methyl/N-ethyl adjacent to an activating group) is 1. The van der Waals surface area contributed by atoms with Crippen LogP contribution in [0.1, 0.15) is 37.9 Å². The number of aryl methyl sites for hydroxylation is 1. The zero-order valence-electron chi connectivity index (χ0n) is 17.2. The first-order valence-electron chi connectivity index (χ1n) is 9.93. The highest BCUT2D eigenvalue weighted by Crippen LogP contribution is 2.35. The quantitative estimate of drug-likeness (QED) is 0.500. The first-order valence-corrected chi connectivity index (χ1v) is 10.7. The van der Waals surface area contributed by atoms with Gasteiger partial charge < -0.3 is 4.57 Å². The highest BCUT2D eigenvalue weighted by atomic mass is 32.2. The van der Waals surface area contributed by atoms with Crippen molar-refractivity contribution < 1.29 is 4.79 Å². The van der Waals surface area contributed by atoms with Crippen molar-refractivity contribution in [3.8, 4) is 0 Å². The number of carbonyl (C=O) groups excluding carboxylic acids is 1. The highest BCUT2D eigenvalue weighted by molar-refractivity contribution is 8.18. The van der Waals surface area contributed by atoms with Gasteiger partial charge in [0.15, 0.2) is 5.17 Å². The normalized spacial score (nSPS) is 17.4. The molecule has 148 valence electrons. The standard InChI is InChI=1S/C24H25N3OS/c1-5-17-10-6-8-12-20(17)25-24-26(4)23(28)22(29-24)14-18-15-27(16(2)3)21-13-9-7-11-19(18)21/h6-16H,5H2,1-4H3/b22-14+,25-24?. The fraction of sp³-hybridized carbons (Fsp3) is 0.250. The summed E-state index contributed by atoms with van der Waals surface area (Å²) in [5.41, 5.74) is 4.35. The third-order valence-electron chi connectivity index (χ3n) is 5.21. The Labute approximate surface area is 175 Å². The summed E-state index contributed by atoms with van der Waals surface area (Å²) >= 11 is 1.44. The number of fused-ring (bicyclic) bond motifs is 1. The molecule has 0 unspecified atom stereocenters. The number of thioether (sulfide) groups is 1. The van der Waals surface area contributed by atoms with Gasteiger partial charge in [0, 0.05) is 35.8 Å². The Morgan fingerprint density at radius 2 is 1.83 bits per heavy atom. The number of aliphatic imine (C=N–C) groups is 1. The molecule has 2 heterocycles. The number of hydrogen-bond donors (Lipinski definition) is 0. The Morgan fingerprint density at radius 1 is 1.10 bits per heavy atom. The first-order chi connectivity index (χ1) is 14.0. The lowest BCUT2D eigenvalue weighted by molar-refractivity contribution is -0.121. The Kier molecular flexibility index (Phi) is 5.33. The molecule has 5 heteroatoms. The van der Waals surface area contributed by atoms with Gasteiger partial charge in [-0.05, 0) is 55.8 Å². The summed E-state index contributed by atoms with van der Waals surface area (Å²) in [6.45, 7) is 6.45. The molecular formula is C24H25N3OS. The Morgan fingerprint density at radius 3 is 2.59 bits per heavy atom. The Hall–Kier alpha value is -2.79. The van der Waals surface area contributed by atoms with Gasteiger partial charge in [0.05, 0.1) is 10.6 Å². The van der Waals surface area contributed by atoms with Crippen molar-refractivity contribution in [1.82, 2.24) is 9.47 Å². The molecule has 0 atom stereocenters. The van der Waals surface area contributed by atoms with Gasteiger partial charge in [-0.1, -0.05) is 43.3 Å². The summed E-state index contributed by atoms with van der Waals surface area (Å²) in [5, 5.41) is 1.88. The summed E-state index contributed by atoms with van der Waals surface area (Å²) in [5.74, 6) is -0.0101. The minimum Gasteiger partial charge on any atom is -0.344 e. The van der Waals surface area contributed by atoms with E-state index in [2.05, 4.69) is 55.8 Å². The van der Waals surface area contributed by atoms with Gasteiger partial charge in [0.2, 0.25) is 0 Å². The number of nitrogens with zero attached hydrogens (tertiary/aromatic N) is 3. The highest BCUT2D eigenvalue weighted by Gasteiger charge is 2.30. The molecule has 1 amide bonds. The monoisotopic (exact) mass is 403 g/mol. The van der Waals surface area contributed by atoms with E-state index in [9.17, 15) is 4.79 Å². The van der Waals surface area contributed by atoms with Crippen LogP contribution in [0.15, 0.2) is 64.6 Å². The number of benzene rings is 2. The van der Waals surface area contributed by atoms with Crippen LogP contribution >= 0.6 is 11.8 Å². The van der Waals surface area contributed by atoms with Crippen molar-refractivity contribution in [3.05, 3.63) is 70.8 Å². The third kappa shape index (κ3) is 3.62. The van der Waals surface area contributed by atoms with Gasteiger partial charge in [-0.25, -0.2) is 4.99 Å². The zero-order valence-corrected chi connectivity index (χ0v) is 18.0. The lowest BCUT2D eigenvalue weighted by Gasteiger charge is -2.08. The molecule has 0 radical (unpaired) electrons. The Balaban J connectivity index is 1.74. The zero-order chi connectivity index (χ0) is 20.5. The summed E-state index contributed by atoms with van der Waals surface area (Å²) in [6.07, 6.45) is 5.04. The summed E-state index contributed by atoms with van der Waals surface area (Å²) in [6, 6.07) is 16.8. The maximum absolute atomic E-state index is 12.9. The molecule has 0 N–H and O–H groups in total. The lowest BCUT2D eigenvalue weighted by atomic mass is 10.1. The molecule has 1 aliphatic rings. The fourth-order valence-corrected chi connectivity index (χ4v) is 4.56. The van der Waals surface area contributed by atoms with Gasteiger partial charge in [-0.15, -0.1) is 0 Å². The number of rotatable bonds is 4. The molecule has 1 aliphatic heterocycles. The van der Waals surface area contributed by atoms with Crippen molar-refractivity contribution >= 4 is 45.5 Å². The minimum atomic E-state index is -0.0101. The topological polar surface area (TPSA) is 37.6 Å². The minimum absolute atomic E-state index is 0.0101.